The van der Waals surface area contributed by atoms with E-state index in [2.05, 4.69) is 42.8 Å². The molecule has 2 N–H and O–H groups in total. The van der Waals surface area contributed by atoms with Gasteiger partial charge in [-0.05, 0) is 30.3 Å². The van der Waals surface area contributed by atoms with Gasteiger partial charge in [-0.1, -0.05) is 34.1 Å². The molecule has 0 bridgehead atoms. The summed E-state index contributed by atoms with van der Waals surface area (Å²) in [5.74, 6) is -0.806. The summed E-state index contributed by atoms with van der Waals surface area (Å²) in [6, 6.07) is 15.5. The van der Waals surface area contributed by atoms with Gasteiger partial charge in [0.2, 0.25) is 0 Å². The number of fused-ring (bicyclic) bond motifs is 1. The Morgan fingerprint density at radius 1 is 1.08 bits per heavy atom. The highest BCUT2D eigenvalue weighted by Gasteiger charge is 2.32. The second-order valence-corrected chi connectivity index (χ2v) is 7.45. The number of H-pyrrole nitrogens is 1. The molecule has 1 aliphatic rings. The number of benzene rings is 2. The fourth-order valence-electron chi connectivity index (χ4n) is 3.70. The van der Waals surface area contributed by atoms with E-state index in [0.717, 1.165) is 34.0 Å². The van der Waals surface area contributed by atoms with Crippen molar-refractivity contribution in [3.8, 4) is 0 Å². The van der Waals surface area contributed by atoms with Crippen molar-refractivity contribution in [1.29, 1.82) is 0 Å². The van der Waals surface area contributed by atoms with Gasteiger partial charge in [0.1, 0.15) is 6.04 Å². The number of nitrogens with zero attached hydrogens (tertiary/aromatic N) is 2. The number of hydrogen-bond acceptors (Lipinski definition) is 3. The molecule has 2 heterocycles. The van der Waals surface area contributed by atoms with E-state index in [-0.39, 0.29) is 0 Å². The molecule has 1 aliphatic heterocycles. The minimum absolute atomic E-state index is 0.643. The molecule has 6 heteroatoms. The van der Waals surface area contributed by atoms with Crippen molar-refractivity contribution in [2.24, 2.45) is 0 Å². The van der Waals surface area contributed by atoms with E-state index in [1.54, 1.807) is 0 Å². The van der Waals surface area contributed by atoms with E-state index in [0.29, 0.717) is 13.1 Å². The Bertz CT molecular complexity index is 917. The van der Waals surface area contributed by atoms with Crippen molar-refractivity contribution in [3.05, 3.63) is 64.8 Å². The fourth-order valence-corrected chi connectivity index (χ4v) is 4.06. The first-order valence-corrected chi connectivity index (χ1v) is 9.46. The minimum Gasteiger partial charge on any atom is -0.480 e. The number of aliphatic carboxylic acids is 1. The first-order chi connectivity index (χ1) is 12.6. The van der Waals surface area contributed by atoms with Crippen molar-refractivity contribution < 1.29 is 9.90 Å². The Morgan fingerprint density at radius 2 is 1.81 bits per heavy atom. The van der Waals surface area contributed by atoms with Crippen LogP contribution in [0.2, 0.25) is 0 Å². The number of carbonyl (C=O) groups is 1. The van der Waals surface area contributed by atoms with Crippen LogP contribution in [-0.2, 0) is 4.79 Å². The van der Waals surface area contributed by atoms with Crippen molar-refractivity contribution in [1.82, 2.24) is 9.88 Å². The predicted molar refractivity (Wildman–Crippen MR) is 107 cm³/mol. The highest BCUT2D eigenvalue weighted by Crippen LogP contribution is 2.31. The van der Waals surface area contributed by atoms with E-state index < -0.39 is 12.0 Å². The van der Waals surface area contributed by atoms with Gasteiger partial charge in [0.05, 0.1) is 0 Å². The Balaban J connectivity index is 1.58. The molecule has 1 unspecified atom stereocenters. The Morgan fingerprint density at radius 3 is 2.50 bits per heavy atom. The van der Waals surface area contributed by atoms with Crippen molar-refractivity contribution in [3.63, 3.8) is 0 Å². The lowest BCUT2D eigenvalue weighted by Gasteiger charge is -2.38. The summed E-state index contributed by atoms with van der Waals surface area (Å²) in [7, 11) is 0. The standard InChI is InChI=1S/C20H20BrN3O2/c21-14-6-7-18-16(12-14)17(13-22-18)19(20(25)26)24-10-8-23(9-11-24)15-4-2-1-3-5-15/h1-7,12-13,19,22H,8-11H2,(H,25,26). The van der Waals surface area contributed by atoms with Gasteiger partial charge < -0.3 is 15.0 Å². The van der Waals surface area contributed by atoms with E-state index in [4.69, 9.17) is 0 Å². The maximum Gasteiger partial charge on any atom is 0.325 e. The van der Waals surface area contributed by atoms with Gasteiger partial charge in [0.15, 0.2) is 0 Å². The topological polar surface area (TPSA) is 59.6 Å². The summed E-state index contributed by atoms with van der Waals surface area (Å²) in [5, 5.41) is 10.9. The average molecular weight is 414 g/mol. The molecule has 5 nitrogen and oxygen atoms in total. The van der Waals surface area contributed by atoms with Crippen LogP contribution in [0.25, 0.3) is 10.9 Å². The van der Waals surface area contributed by atoms with E-state index in [1.807, 2.05) is 42.6 Å². The highest BCUT2D eigenvalue weighted by atomic mass is 79.9. The molecular formula is C20H20BrN3O2. The number of carboxylic acids is 1. The smallest absolute Gasteiger partial charge is 0.325 e. The van der Waals surface area contributed by atoms with Crippen LogP contribution in [0.15, 0.2) is 59.2 Å². The molecule has 0 saturated carbocycles. The largest absolute Gasteiger partial charge is 0.480 e. The molecule has 0 amide bonds. The number of aromatic amines is 1. The molecule has 0 aliphatic carbocycles. The normalized spacial score (nSPS) is 16.7. The van der Waals surface area contributed by atoms with Gasteiger partial charge in [-0.15, -0.1) is 0 Å². The third kappa shape index (κ3) is 3.22. The second-order valence-electron chi connectivity index (χ2n) is 6.53. The van der Waals surface area contributed by atoms with Crippen LogP contribution in [-0.4, -0.2) is 47.1 Å². The second kappa shape index (κ2) is 7.13. The summed E-state index contributed by atoms with van der Waals surface area (Å²) >= 11 is 3.49. The fraction of sp³-hybridized carbons (Fsp3) is 0.250. The number of hydrogen-bond donors (Lipinski definition) is 2. The van der Waals surface area contributed by atoms with Crippen molar-refractivity contribution in [2.45, 2.75) is 6.04 Å². The lowest BCUT2D eigenvalue weighted by molar-refractivity contribution is -0.143. The van der Waals surface area contributed by atoms with E-state index in [1.165, 1.54) is 5.69 Å². The molecule has 1 aromatic heterocycles. The third-order valence-corrected chi connectivity index (χ3v) is 5.50. The van der Waals surface area contributed by atoms with Crippen molar-refractivity contribution >= 4 is 38.5 Å². The SMILES string of the molecule is O=C(O)C(c1c[nH]c2ccc(Br)cc12)N1CCN(c2ccccc2)CC1. The first kappa shape index (κ1) is 17.1. The quantitative estimate of drug-likeness (QED) is 0.681. The van der Waals surface area contributed by atoms with Crippen LogP contribution in [0.4, 0.5) is 5.69 Å². The van der Waals surface area contributed by atoms with Crippen LogP contribution in [0.5, 0.6) is 0 Å². The number of nitrogens with one attached hydrogen (secondary N) is 1. The molecule has 1 atom stereocenters. The van der Waals surface area contributed by atoms with Gasteiger partial charge in [-0.2, -0.15) is 0 Å². The molecule has 0 radical (unpaired) electrons. The first-order valence-electron chi connectivity index (χ1n) is 8.67. The molecule has 3 aromatic rings. The minimum atomic E-state index is -0.806. The summed E-state index contributed by atoms with van der Waals surface area (Å²) in [5.41, 5.74) is 2.97. The van der Waals surface area contributed by atoms with Crippen LogP contribution in [0.3, 0.4) is 0 Å². The molecular weight excluding hydrogens is 394 g/mol. The number of rotatable bonds is 4. The van der Waals surface area contributed by atoms with E-state index in [9.17, 15) is 9.90 Å². The number of para-hydroxylation sites is 1. The number of aromatic nitrogens is 1. The lowest BCUT2D eigenvalue weighted by Crippen LogP contribution is -2.49. The highest BCUT2D eigenvalue weighted by molar-refractivity contribution is 9.10. The molecule has 26 heavy (non-hydrogen) atoms. The maximum atomic E-state index is 12.1. The number of anilines is 1. The average Bonchev–Trinajstić information content (AvgIpc) is 3.06. The monoisotopic (exact) mass is 413 g/mol. The van der Waals surface area contributed by atoms with Crippen LogP contribution >= 0.6 is 15.9 Å². The summed E-state index contributed by atoms with van der Waals surface area (Å²) in [6.07, 6.45) is 1.83. The molecule has 1 fully saturated rings. The zero-order valence-electron chi connectivity index (χ0n) is 14.2. The maximum absolute atomic E-state index is 12.1. The molecule has 1 saturated heterocycles. The van der Waals surface area contributed by atoms with Crippen LogP contribution in [0, 0.1) is 0 Å². The summed E-state index contributed by atoms with van der Waals surface area (Å²) in [4.78, 5) is 19.7. The molecule has 4 rings (SSSR count). The lowest BCUT2D eigenvalue weighted by atomic mass is 10.0. The molecule has 134 valence electrons. The van der Waals surface area contributed by atoms with Crippen LogP contribution < -0.4 is 4.90 Å². The summed E-state index contributed by atoms with van der Waals surface area (Å²) < 4.78 is 0.948. The number of piperazine rings is 1. The van der Waals surface area contributed by atoms with Gasteiger partial charge in [-0.3, -0.25) is 9.69 Å². The molecule has 2 aromatic carbocycles. The molecule has 0 spiro atoms. The Kier molecular flexibility index (Phi) is 4.70. The summed E-state index contributed by atoms with van der Waals surface area (Å²) in [6.45, 7) is 3.07. The number of halogens is 1. The zero-order valence-corrected chi connectivity index (χ0v) is 15.8. The number of carboxylic acid groups (broad SMARTS) is 1. The van der Waals surface area contributed by atoms with Gasteiger partial charge in [0, 0.05) is 59.0 Å². The van der Waals surface area contributed by atoms with Gasteiger partial charge in [-0.25, -0.2) is 0 Å². The third-order valence-electron chi connectivity index (χ3n) is 5.01. The Hall–Kier alpha value is -2.31. The zero-order chi connectivity index (χ0) is 18.1. The van der Waals surface area contributed by atoms with Crippen LogP contribution in [0.1, 0.15) is 11.6 Å². The van der Waals surface area contributed by atoms with Crippen molar-refractivity contribution in [2.75, 3.05) is 31.1 Å². The Labute approximate surface area is 160 Å². The van der Waals surface area contributed by atoms with Gasteiger partial charge >= 0.3 is 5.97 Å². The van der Waals surface area contributed by atoms with Gasteiger partial charge in [0.25, 0.3) is 0 Å². The van der Waals surface area contributed by atoms with E-state index >= 15 is 0 Å². The predicted octanol–water partition coefficient (Wildman–Crippen LogP) is 3.88.